The maximum Gasteiger partial charge on any atom is 0.243 e. The Kier molecular flexibility index (Phi) is 5.45. The van der Waals surface area contributed by atoms with Crippen LogP contribution in [0.1, 0.15) is 26.2 Å². The predicted molar refractivity (Wildman–Crippen MR) is 88.0 cm³/mol. The molecule has 0 spiro atoms. The van der Waals surface area contributed by atoms with Crippen LogP contribution < -0.4 is 15.8 Å². The second-order valence-electron chi connectivity index (χ2n) is 5.57. The highest BCUT2D eigenvalue weighted by molar-refractivity contribution is 7.89. The number of carbonyl (C=O) groups is 2. The fourth-order valence-corrected chi connectivity index (χ4v) is 4.42. The lowest BCUT2D eigenvalue weighted by Gasteiger charge is -2.32. The Morgan fingerprint density at radius 1 is 1.33 bits per heavy atom. The molecule has 2 amide bonds. The van der Waals surface area contributed by atoms with E-state index in [2.05, 4.69) is 5.32 Å². The minimum absolute atomic E-state index is 0.0124. The molecule has 1 heterocycles. The molecule has 0 saturated carbocycles. The maximum atomic E-state index is 12.9. The van der Waals surface area contributed by atoms with Gasteiger partial charge in [0.15, 0.2) is 0 Å². The number of anilines is 1. The summed E-state index contributed by atoms with van der Waals surface area (Å²) in [5, 5.41) is 2.56. The van der Waals surface area contributed by atoms with Crippen LogP contribution in [0.15, 0.2) is 23.1 Å². The summed E-state index contributed by atoms with van der Waals surface area (Å²) >= 11 is 0. The Hall–Kier alpha value is -2.13. The van der Waals surface area contributed by atoms with Gasteiger partial charge in [0, 0.05) is 19.5 Å². The van der Waals surface area contributed by atoms with Crippen molar-refractivity contribution in [3.63, 3.8) is 0 Å². The van der Waals surface area contributed by atoms with Crippen LogP contribution in [0, 0.1) is 0 Å². The van der Waals surface area contributed by atoms with Gasteiger partial charge in [0.25, 0.3) is 0 Å². The van der Waals surface area contributed by atoms with E-state index in [0.717, 1.165) is 10.7 Å². The Balaban J connectivity index is 2.41. The number of nitrogens with one attached hydrogen (secondary N) is 1. The highest BCUT2D eigenvalue weighted by Crippen LogP contribution is 2.31. The first-order chi connectivity index (χ1) is 11.3. The van der Waals surface area contributed by atoms with E-state index in [4.69, 9.17) is 10.5 Å². The molecular weight excluding hydrogens is 334 g/mol. The average molecular weight is 355 g/mol. The van der Waals surface area contributed by atoms with E-state index in [-0.39, 0.29) is 23.1 Å². The van der Waals surface area contributed by atoms with Crippen LogP contribution in [0.5, 0.6) is 5.75 Å². The second kappa shape index (κ2) is 7.18. The lowest BCUT2D eigenvalue weighted by molar-refractivity contribution is -0.122. The molecule has 1 aliphatic heterocycles. The summed E-state index contributed by atoms with van der Waals surface area (Å²) < 4.78 is 32.1. The number of hydrogen-bond acceptors (Lipinski definition) is 5. The monoisotopic (exact) mass is 355 g/mol. The number of methoxy groups -OCH3 is 1. The van der Waals surface area contributed by atoms with Crippen molar-refractivity contribution in [3.05, 3.63) is 18.2 Å². The van der Waals surface area contributed by atoms with Gasteiger partial charge in [-0.1, -0.05) is 6.42 Å². The number of ether oxygens (including phenoxy) is 1. The molecule has 0 bridgehead atoms. The third-order valence-corrected chi connectivity index (χ3v) is 5.78. The van der Waals surface area contributed by atoms with E-state index in [0.29, 0.717) is 18.5 Å². The molecule has 1 saturated heterocycles. The number of amides is 2. The van der Waals surface area contributed by atoms with Crippen LogP contribution in [0.25, 0.3) is 0 Å². The van der Waals surface area contributed by atoms with Crippen LogP contribution >= 0.6 is 0 Å². The molecule has 1 unspecified atom stereocenters. The maximum absolute atomic E-state index is 12.9. The van der Waals surface area contributed by atoms with E-state index in [1.165, 1.54) is 32.2 Å². The minimum Gasteiger partial charge on any atom is -0.495 e. The number of rotatable bonds is 5. The largest absolute Gasteiger partial charge is 0.495 e. The van der Waals surface area contributed by atoms with E-state index < -0.39 is 22.0 Å². The number of benzene rings is 1. The molecule has 2 rings (SSSR count). The summed E-state index contributed by atoms with van der Waals surface area (Å²) in [5.74, 6) is -0.729. The molecular formula is C15H21N3O5S. The first-order valence-corrected chi connectivity index (χ1v) is 8.98. The Morgan fingerprint density at radius 2 is 2.04 bits per heavy atom. The summed E-state index contributed by atoms with van der Waals surface area (Å²) in [7, 11) is -2.52. The van der Waals surface area contributed by atoms with Crippen molar-refractivity contribution in [2.45, 2.75) is 37.1 Å². The van der Waals surface area contributed by atoms with Gasteiger partial charge in [0.2, 0.25) is 21.8 Å². The van der Waals surface area contributed by atoms with Gasteiger partial charge in [-0.2, -0.15) is 4.31 Å². The predicted octanol–water partition coefficient (Wildman–Crippen LogP) is 0.682. The van der Waals surface area contributed by atoms with Gasteiger partial charge in [0.05, 0.1) is 17.7 Å². The van der Waals surface area contributed by atoms with Crippen molar-refractivity contribution in [1.82, 2.24) is 4.31 Å². The van der Waals surface area contributed by atoms with Gasteiger partial charge >= 0.3 is 0 Å². The number of primary amides is 1. The van der Waals surface area contributed by atoms with Gasteiger partial charge in [0.1, 0.15) is 11.8 Å². The van der Waals surface area contributed by atoms with Crippen LogP contribution in [0.4, 0.5) is 5.69 Å². The van der Waals surface area contributed by atoms with E-state index in [1.54, 1.807) is 0 Å². The standard InChI is InChI=1S/C15H21N3O5S/c1-10(19)17-12-7-6-11(9-14(12)23-2)24(21,22)18-8-4-3-5-13(18)15(16)20/h6-7,9,13H,3-5,8H2,1-2H3,(H2,16,20)(H,17,19). The Labute approximate surface area is 141 Å². The van der Waals surface area contributed by atoms with Gasteiger partial charge in [-0.05, 0) is 25.0 Å². The molecule has 3 N–H and O–H groups in total. The molecule has 0 radical (unpaired) electrons. The number of piperidine rings is 1. The molecule has 9 heteroatoms. The van der Waals surface area contributed by atoms with Crippen LogP contribution in [0.3, 0.4) is 0 Å². The van der Waals surface area contributed by atoms with E-state index >= 15 is 0 Å². The lowest BCUT2D eigenvalue weighted by atomic mass is 10.0. The summed E-state index contributed by atoms with van der Waals surface area (Å²) in [5.41, 5.74) is 5.72. The number of carbonyl (C=O) groups excluding carboxylic acids is 2. The van der Waals surface area contributed by atoms with Gasteiger partial charge in [-0.15, -0.1) is 0 Å². The summed E-state index contributed by atoms with van der Waals surface area (Å²) in [4.78, 5) is 22.8. The summed E-state index contributed by atoms with van der Waals surface area (Å²) in [6.45, 7) is 1.58. The molecule has 1 aliphatic rings. The molecule has 0 aromatic heterocycles. The molecule has 24 heavy (non-hydrogen) atoms. The van der Waals surface area contributed by atoms with Crippen LogP contribution in [-0.4, -0.2) is 44.2 Å². The van der Waals surface area contributed by atoms with Crippen LogP contribution in [-0.2, 0) is 19.6 Å². The summed E-state index contributed by atoms with van der Waals surface area (Å²) in [6.07, 6.45) is 1.84. The Morgan fingerprint density at radius 3 is 2.62 bits per heavy atom. The number of nitrogens with zero attached hydrogens (tertiary/aromatic N) is 1. The minimum atomic E-state index is -3.89. The molecule has 8 nitrogen and oxygen atoms in total. The number of sulfonamides is 1. The molecule has 132 valence electrons. The summed E-state index contributed by atoms with van der Waals surface area (Å²) in [6, 6.07) is 3.31. The van der Waals surface area contributed by atoms with E-state index in [9.17, 15) is 18.0 Å². The zero-order valence-electron chi connectivity index (χ0n) is 13.6. The normalized spacial score (nSPS) is 18.8. The third-order valence-electron chi connectivity index (χ3n) is 3.87. The molecule has 1 aromatic rings. The molecule has 1 aromatic carbocycles. The van der Waals surface area contributed by atoms with Crippen molar-refractivity contribution in [1.29, 1.82) is 0 Å². The number of nitrogens with two attached hydrogens (primary N) is 1. The van der Waals surface area contributed by atoms with E-state index in [1.807, 2.05) is 0 Å². The fourth-order valence-electron chi connectivity index (χ4n) is 2.74. The van der Waals surface area contributed by atoms with Crippen molar-refractivity contribution in [2.24, 2.45) is 5.73 Å². The van der Waals surface area contributed by atoms with Gasteiger partial charge < -0.3 is 15.8 Å². The first kappa shape index (κ1) is 18.2. The smallest absolute Gasteiger partial charge is 0.243 e. The molecule has 0 aliphatic carbocycles. The number of hydrogen-bond donors (Lipinski definition) is 2. The molecule has 1 fully saturated rings. The van der Waals surface area contributed by atoms with Crippen molar-refractivity contribution >= 4 is 27.5 Å². The SMILES string of the molecule is COc1cc(S(=O)(=O)N2CCCCC2C(N)=O)ccc1NC(C)=O. The van der Waals surface area contributed by atoms with Crippen molar-refractivity contribution in [2.75, 3.05) is 19.0 Å². The highest BCUT2D eigenvalue weighted by Gasteiger charge is 2.36. The van der Waals surface area contributed by atoms with Crippen LogP contribution in [0.2, 0.25) is 0 Å². The topological polar surface area (TPSA) is 119 Å². The fraction of sp³-hybridized carbons (Fsp3) is 0.467. The second-order valence-corrected chi connectivity index (χ2v) is 7.46. The zero-order valence-corrected chi connectivity index (χ0v) is 14.4. The van der Waals surface area contributed by atoms with Gasteiger partial charge in [-0.3, -0.25) is 9.59 Å². The molecule has 1 atom stereocenters. The Bertz CT molecular complexity index is 747. The average Bonchev–Trinajstić information content (AvgIpc) is 2.54. The van der Waals surface area contributed by atoms with Crippen molar-refractivity contribution < 1.29 is 22.7 Å². The quantitative estimate of drug-likeness (QED) is 0.805. The third kappa shape index (κ3) is 3.68. The first-order valence-electron chi connectivity index (χ1n) is 7.54. The van der Waals surface area contributed by atoms with Crippen molar-refractivity contribution in [3.8, 4) is 5.75 Å². The van der Waals surface area contributed by atoms with Gasteiger partial charge in [-0.25, -0.2) is 8.42 Å². The zero-order chi connectivity index (χ0) is 17.9. The highest BCUT2D eigenvalue weighted by atomic mass is 32.2. The lowest BCUT2D eigenvalue weighted by Crippen LogP contribution is -2.50.